The molecular weight excluding hydrogens is 168 g/mol. The monoisotopic (exact) mass is 178 g/mol. The van der Waals surface area contributed by atoms with Gasteiger partial charge in [0.05, 0.1) is 5.75 Å². The first-order valence-electron chi connectivity index (χ1n) is 3.29. The second-order valence-corrected chi connectivity index (χ2v) is 4.46. The van der Waals surface area contributed by atoms with E-state index in [1.165, 1.54) is 0 Å². The van der Waals surface area contributed by atoms with Gasteiger partial charge in [-0.05, 0) is 18.8 Å². The van der Waals surface area contributed by atoms with Crippen LogP contribution >= 0.6 is 0 Å². The molecule has 64 valence electrons. The normalized spacial score (nSPS) is 17.8. The van der Waals surface area contributed by atoms with E-state index >= 15 is 0 Å². The number of nitrogens with two attached hydrogens (primary N) is 1. The fourth-order valence-corrected chi connectivity index (χ4v) is 2.13. The zero-order valence-corrected chi connectivity index (χ0v) is 6.73. The first-order chi connectivity index (χ1) is 4.99. The van der Waals surface area contributed by atoms with E-state index in [1.807, 2.05) is 0 Å². The molecule has 0 bridgehead atoms. The Labute approximate surface area is 65.0 Å². The van der Waals surface area contributed by atoms with Crippen molar-refractivity contribution in [1.82, 2.24) is 4.72 Å². The number of primary amides is 1. The molecule has 1 fully saturated rings. The van der Waals surface area contributed by atoms with E-state index in [9.17, 15) is 13.2 Å². The molecule has 0 atom stereocenters. The van der Waals surface area contributed by atoms with Gasteiger partial charge in [-0.25, -0.2) is 17.9 Å². The van der Waals surface area contributed by atoms with Gasteiger partial charge in [0.25, 0.3) is 0 Å². The lowest BCUT2D eigenvalue weighted by Gasteiger charge is -2.01. The average Bonchev–Trinajstić information content (AvgIpc) is 2.43. The van der Waals surface area contributed by atoms with Gasteiger partial charge < -0.3 is 5.73 Å². The molecule has 0 aromatic rings. The molecular formula is C5H10N2O3S. The smallest absolute Gasteiger partial charge is 0.325 e. The minimum atomic E-state index is -3.44. The van der Waals surface area contributed by atoms with E-state index in [2.05, 4.69) is 5.73 Å². The summed E-state index contributed by atoms with van der Waals surface area (Å²) < 4.78 is 23.5. The number of urea groups is 1. The van der Waals surface area contributed by atoms with E-state index in [0.29, 0.717) is 0 Å². The number of nitrogens with one attached hydrogen (secondary N) is 1. The Hall–Kier alpha value is -0.780. The molecule has 1 aliphatic carbocycles. The Morgan fingerprint density at radius 2 is 2.09 bits per heavy atom. The fraction of sp³-hybridized carbons (Fsp3) is 0.800. The van der Waals surface area contributed by atoms with Gasteiger partial charge in [-0.1, -0.05) is 0 Å². The van der Waals surface area contributed by atoms with Crippen molar-refractivity contribution in [3.63, 3.8) is 0 Å². The Kier molecular flexibility index (Phi) is 2.03. The third-order valence-corrected chi connectivity index (χ3v) is 2.83. The van der Waals surface area contributed by atoms with Crippen molar-refractivity contribution in [2.45, 2.75) is 12.8 Å². The molecule has 0 aliphatic heterocycles. The Bertz CT molecular complexity index is 255. The Morgan fingerprint density at radius 1 is 1.55 bits per heavy atom. The number of amides is 2. The maximum absolute atomic E-state index is 10.9. The molecule has 2 amide bonds. The van der Waals surface area contributed by atoms with Crippen molar-refractivity contribution >= 4 is 16.1 Å². The third kappa shape index (κ3) is 3.22. The first-order valence-corrected chi connectivity index (χ1v) is 4.95. The standard InChI is InChI=1S/C5H10N2O3S/c6-5(8)7-11(9,10)3-4-1-2-4/h4H,1-3H2,(H3,6,7,8). The van der Waals surface area contributed by atoms with Crippen LogP contribution in [0.15, 0.2) is 0 Å². The van der Waals surface area contributed by atoms with Gasteiger partial charge in [0, 0.05) is 0 Å². The zero-order valence-electron chi connectivity index (χ0n) is 5.91. The van der Waals surface area contributed by atoms with Gasteiger partial charge in [0.15, 0.2) is 0 Å². The maximum Gasteiger partial charge on any atom is 0.325 e. The minimum Gasteiger partial charge on any atom is -0.351 e. The molecule has 1 saturated carbocycles. The molecule has 0 unspecified atom stereocenters. The third-order valence-electron chi connectivity index (χ3n) is 1.41. The first kappa shape index (κ1) is 8.32. The second-order valence-electron chi connectivity index (χ2n) is 2.69. The molecule has 0 heterocycles. The molecule has 0 spiro atoms. The van der Waals surface area contributed by atoms with E-state index < -0.39 is 16.1 Å². The van der Waals surface area contributed by atoms with Crippen molar-refractivity contribution in [2.75, 3.05) is 5.75 Å². The molecule has 6 heteroatoms. The minimum absolute atomic E-state index is 0.0237. The molecule has 0 saturated heterocycles. The van der Waals surface area contributed by atoms with Crippen LogP contribution in [0, 0.1) is 5.92 Å². The summed E-state index contributed by atoms with van der Waals surface area (Å²) in [7, 11) is -3.44. The molecule has 0 radical (unpaired) electrons. The van der Waals surface area contributed by atoms with Gasteiger partial charge >= 0.3 is 6.03 Å². The van der Waals surface area contributed by atoms with Crippen LogP contribution in [0.25, 0.3) is 0 Å². The fourth-order valence-electron chi connectivity index (χ4n) is 0.790. The van der Waals surface area contributed by atoms with Crippen molar-refractivity contribution in [3.8, 4) is 0 Å². The number of carbonyl (C=O) groups excluding carboxylic acids is 1. The maximum atomic E-state index is 10.9. The summed E-state index contributed by atoms with van der Waals surface area (Å²) in [6.07, 6.45) is 1.86. The van der Waals surface area contributed by atoms with E-state index in [0.717, 1.165) is 12.8 Å². The van der Waals surface area contributed by atoms with Crippen LogP contribution in [-0.2, 0) is 10.0 Å². The van der Waals surface area contributed by atoms with Gasteiger partial charge in [-0.15, -0.1) is 0 Å². The summed E-state index contributed by atoms with van der Waals surface area (Å²) >= 11 is 0. The van der Waals surface area contributed by atoms with Crippen LogP contribution in [0.4, 0.5) is 4.79 Å². The summed E-state index contributed by atoms with van der Waals surface area (Å²) in [6, 6.07) is -1.01. The van der Waals surface area contributed by atoms with Gasteiger partial charge in [0.2, 0.25) is 10.0 Å². The molecule has 1 aliphatic rings. The number of sulfonamides is 1. The highest BCUT2D eigenvalue weighted by Gasteiger charge is 2.28. The van der Waals surface area contributed by atoms with Gasteiger partial charge in [-0.2, -0.15) is 0 Å². The summed E-state index contributed by atoms with van der Waals surface area (Å²) in [5.41, 5.74) is 4.65. The van der Waals surface area contributed by atoms with E-state index in [-0.39, 0.29) is 11.7 Å². The van der Waals surface area contributed by atoms with E-state index in [1.54, 1.807) is 4.72 Å². The van der Waals surface area contributed by atoms with Gasteiger partial charge in [0.1, 0.15) is 0 Å². The molecule has 3 N–H and O–H groups in total. The van der Waals surface area contributed by atoms with Crippen molar-refractivity contribution in [1.29, 1.82) is 0 Å². The van der Waals surface area contributed by atoms with Crippen LogP contribution in [0.2, 0.25) is 0 Å². The van der Waals surface area contributed by atoms with Crippen molar-refractivity contribution < 1.29 is 13.2 Å². The molecule has 1 rings (SSSR count). The molecule has 11 heavy (non-hydrogen) atoms. The predicted octanol–water partition coefficient (Wildman–Crippen LogP) is -0.605. The number of hydrogen-bond donors (Lipinski definition) is 2. The van der Waals surface area contributed by atoms with Crippen molar-refractivity contribution in [3.05, 3.63) is 0 Å². The lowest BCUT2D eigenvalue weighted by Crippen LogP contribution is -2.36. The molecule has 0 aromatic carbocycles. The molecule has 0 aromatic heterocycles. The highest BCUT2D eigenvalue weighted by molar-refractivity contribution is 7.90. The van der Waals surface area contributed by atoms with Gasteiger partial charge in [-0.3, -0.25) is 0 Å². The van der Waals surface area contributed by atoms with Crippen molar-refractivity contribution in [2.24, 2.45) is 11.7 Å². The Balaban J connectivity index is 2.44. The summed E-state index contributed by atoms with van der Waals surface area (Å²) in [5, 5.41) is 0. The number of rotatable bonds is 3. The predicted molar refractivity (Wildman–Crippen MR) is 39.2 cm³/mol. The second kappa shape index (κ2) is 2.69. The SMILES string of the molecule is NC(=O)NS(=O)(=O)CC1CC1. The largest absolute Gasteiger partial charge is 0.351 e. The quantitative estimate of drug-likeness (QED) is 0.604. The highest BCUT2D eigenvalue weighted by atomic mass is 32.2. The number of hydrogen-bond acceptors (Lipinski definition) is 3. The van der Waals surface area contributed by atoms with E-state index in [4.69, 9.17) is 0 Å². The number of carbonyl (C=O) groups is 1. The highest BCUT2D eigenvalue weighted by Crippen LogP contribution is 2.29. The van der Waals surface area contributed by atoms with Crippen LogP contribution in [0.3, 0.4) is 0 Å². The lowest BCUT2D eigenvalue weighted by molar-refractivity contribution is 0.253. The van der Waals surface area contributed by atoms with Crippen LogP contribution in [0.1, 0.15) is 12.8 Å². The topological polar surface area (TPSA) is 89.3 Å². The summed E-state index contributed by atoms with van der Waals surface area (Å²) in [5.74, 6) is 0.252. The van der Waals surface area contributed by atoms with Crippen LogP contribution in [-0.4, -0.2) is 20.2 Å². The molecule has 5 nitrogen and oxygen atoms in total. The lowest BCUT2D eigenvalue weighted by atomic mass is 10.5. The average molecular weight is 178 g/mol. The van der Waals surface area contributed by atoms with Crippen LogP contribution in [0.5, 0.6) is 0 Å². The zero-order chi connectivity index (χ0) is 8.48. The Morgan fingerprint density at radius 3 is 2.45 bits per heavy atom. The van der Waals surface area contributed by atoms with Crippen LogP contribution < -0.4 is 10.5 Å². The summed E-state index contributed by atoms with van der Waals surface area (Å²) in [6.45, 7) is 0. The summed E-state index contributed by atoms with van der Waals surface area (Å²) in [4.78, 5) is 10.1.